The summed E-state index contributed by atoms with van der Waals surface area (Å²) in [6.45, 7) is 9.78. The fourth-order valence-corrected chi connectivity index (χ4v) is 7.53. The molecule has 3 saturated carbocycles. The molecule has 0 aromatic heterocycles. The molecule has 0 aromatic rings. The zero-order valence-corrected chi connectivity index (χ0v) is 16.9. The molecule has 1 saturated heterocycles. The van der Waals surface area contributed by atoms with E-state index in [1.54, 1.807) is 0 Å². The molecule has 3 aliphatic carbocycles. The number of hydrogen-bond donors (Lipinski definition) is 1. The highest BCUT2D eigenvalue weighted by molar-refractivity contribution is 5.82. The Labute approximate surface area is 165 Å². The molecule has 4 rings (SSSR count). The van der Waals surface area contributed by atoms with Gasteiger partial charge in [-0.25, -0.2) is 0 Å². The summed E-state index contributed by atoms with van der Waals surface area (Å²) in [6.07, 6.45) is 2.86. The molecule has 1 aliphatic heterocycles. The SMILES string of the molecule is C=C(C=O)[C@@H]1C[C@@H](OC(C)=O)[C@H]2C34CCCC(C)(C)[C@H]3[C@H](O)[C@@]2(C1)C(=O)OC4. The van der Waals surface area contributed by atoms with E-state index >= 15 is 0 Å². The maximum atomic E-state index is 13.2. The van der Waals surface area contributed by atoms with E-state index in [2.05, 4.69) is 20.4 Å². The van der Waals surface area contributed by atoms with Gasteiger partial charge >= 0.3 is 11.9 Å². The molecule has 6 heteroatoms. The fraction of sp³-hybridized carbons (Fsp3) is 0.773. The van der Waals surface area contributed by atoms with Crippen LogP contribution in [-0.4, -0.2) is 42.1 Å². The van der Waals surface area contributed by atoms with Crippen LogP contribution in [0.3, 0.4) is 0 Å². The maximum Gasteiger partial charge on any atom is 0.315 e. The number of hydrogen-bond acceptors (Lipinski definition) is 6. The van der Waals surface area contributed by atoms with Gasteiger partial charge in [-0.3, -0.25) is 14.4 Å². The van der Waals surface area contributed by atoms with Gasteiger partial charge in [0.25, 0.3) is 0 Å². The Morgan fingerprint density at radius 3 is 2.68 bits per heavy atom. The summed E-state index contributed by atoms with van der Waals surface area (Å²) in [5.74, 6) is -1.56. The number of aliphatic hydroxyl groups is 1. The lowest BCUT2D eigenvalue weighted by Gasteiger charge is -2.56. The summed E-state index contributed by atoms with van der Waals surface area (Å²) in [7, 11) is 0. The van der Waals surface area contributed by atoms with Gasteiger partial charge in [0.15, 0.2) is 0 Å². The Kier molecular flexibility index (Phi) is 4.31. The van der Waals surface area contributed by atoms with E-state index in [9.17, 15) is 19.5 Å². The van der Waals surface area contributed by atoms with E-state index in [-0.39, 0.29) is 29.8 Å². The molecule has 4 aliphatic rings. The van der Waals surface area contributed by atoms with Gasteiger partial charge in [0, 0.05) is 24.2 Å². The second-order valence-electron chi connectivity index (χ2n) is 10.1. The minimum Gasteiger partial charge on any atom is -0.465 e. The molecule has 0 aromatic carbocycles. The van der Waals surface area contributed by atoms with Crippen molar-refractivity contribution in [1.29, 1.82) is 0 Å². The van der Waals surface area contributed by atoms with E-state index in [0.29, 0.717) is 24.7 Å². The molecule has 154 valence electrons. The summed E-state index contributed by atoms with van der Waals surface area (Å²) in [6, 6.07) is 0. The average Bonchev–Trinajstić information content (AvgIpc) is 2.81. The summed E-state index contributed by atoms with van der Waals surface area (Å²) in [5.41, 5.74) is -1.34. The monoisotopic (exact) mass is 390 g/mol. The lowest BCUT2D eigenvalue weighted by molar-refractivity contribution is -0.211. The highest BCUT2D eigenvalue weighted by Gasteiger charge is 2.79. The summed E-state index contributed by atoms with van der Waals surface area (Å²) >= 11 is 0. The van der Waals surface area contributed by atoms with Crippen molar-refractivity contribution in [3.8, 4) is 0 Å². The Morgan fingerprint density at radius 1 is 1.32 bits per heavy atom. The zero-order valence-electron chi connectivity index (χ0n) is 16.9. The van der Waals surface area contributed by atoms with Crippen LogP contribution >= 0.6 is 0 Å². The first kappa shape index (κ1) is 19.6. The van der Waals surface area contributed by atoms with Gasteiger partial charge in [-0.05, 0) is 42.6 Å². The molecule has 1 unspecified atom stereocenters. The summed E-state index contributed by atoms with van der Waals surface area (Å²) in [5, 5.41) is 11.6. The Morgan fingerprint density at radius 2 is 2.04 bits per heavy atom. The van der Waals surface area contributed by atoms with Crippen molar-refractivity contribution in [3.05, 3.63) is 12.2 Å². The van der Waals surface area contributed by atoms with Crippen LogP contribution in [0.15, 0.2) is 12.2 Å². The Balaban J connectivity index is 1.90. The highest BCUT2D eigenvalue weighted by Crippen LogP contribution is 2.73. The standard InChI is InChI=1S/C22H30O6/c1-12(10-23)14-8-15(28-13(2)24)16-21-7-5-6-20(3,4)17(21)18(25)22(16,9-14)19(26)27-11-21/h10,14-18,25H,1,5-9,11H2,2-4H3/t14-,15-,16+,17-,18+,21?,22+/m1/s1. The van der Waals surface area contributed by atoms with Gasteiger partial charge in [0.1, 0.15) is 17.8 Å². The fourth-order valence-electron chi connectivity index (χ4n) is 7.53. The van der Waals surface area contributed by atoms with Crippen molar-refractivity contribution >= 4 is 18.2 Å². The molecule has 1 N–H and O–H groups in total. The molecule has 0 radical (unpaired) electrons. The first-order valence-corrected chi connectivity index (χ1v) is 10.3. The van der Waals surface area contributed by atoms with E-state index in [1.807, 2.05) is 0 Å². The Bertz CT molecular complexity index is 741. The molecule has 1 heterocycles. The molecule has 4 fully saturated rings. The second kappa shape index (κ2) is 6.15. The number of rotatable bonds is 3. The van der Waals surface area contributed by atoms with Crippen LogP contribution in [0.1, 0.15) is 52.9 Å². The van der Waals surface area contributed by atoms with Gasteiger partial charge in [0.2, 0.25) is 0 Å². The average molecular weight is 390 g/mol. The predicted octanol–water partition coefficient (Wildman–Crippen LogP) is 2.43. The third kappa shape index (κ3) is 2.33. The summed E-state index contributed by atoms with van der Waals surface area (Å²) in [4.78, 5) is 36.6. The predicted molar refractivity (Wildman–Crippen MR) is 99.9 cm³/mol. The van der Waals surface area contributed by atoms with Gasteiger partial charge < -0.3 is 14.6 Å². The number of carbonyl (C=O) groups is 3. The van der Waals surface area contributed by atoms with Crippen molar-refractivity contribution in [2.75, 3.05) is 6.61 Å². The van der Waals surface area contributed by atoms with Crippen LogP contribution in [-0.2, 0) is 23.9 Å². The van der Waals surface area contributed by atoms with Gasteiger partial charge in [-0.15, -0.1) is 0 Å². The molecule has 28 heavy (non-hydrogen) atoms. The second-order valence-corrected chi connectivity index (χ2v) is 10.1. The van der Waals surface area contributed by atoms with Crippen molar-refractivity contribution in [1.82, 2.24) is 0 Å². The number of aldehydes is 1. The molecule has 7 atom stereocenters. The molecule has 6 nitrogen and oxygen atoms in total. The number of esters is 2. The molecule has 2 bridgehead atoms. The van der Waals surface area contributed by atoms with E-state index < -0.39 is 35.0 Å². The highest BCUT2D eigenvalue weighted by atomic mass is 16.6. The number of cyclic esters (lactones) is 1. The topological polar surface area (TPSA) is 89.9 Å². The molecular formula is C22H30O6. The number of ether oxygens (including phenoxy) is 2. The van der Waals surface area contributed by atoms with Gasteiger partial charge in [-0.2, -0.15) is 0 Å². The molecular weight excluding hydrogens is 360 g/mol. The number of carbonyl (C=O) groups excluding carboxylic acids is 3. The van der Waals surface area contributed by atoms with Crippen molar-refractivity contribution in [3.63, 3.8) is 0 Å². The first-order chi connectivity index (χ1) is 13.1. The molecule has 1 spiro atoms. The number of allylic oxidation sites excluding steroid dienone is 1. The lowest BCUT2D eigenvalue weighted by atomic mass is 9.51. The third-order valence-electron chi connectivity index (χ3n) is 8.26. The van der Waals surface area contributed by atoms with Crippen LogP contribution in [0.25, 0.3) is 0 Å². The van der Waals surface area contributed by atoms with Crippen LogP contribution in [0.2, 0.25) is 0 Å². The summed E-state index contributed by atoms with van der Waals surface area (Å²) < 4.78 is 11.5. The van der Waals surface area contributed by atoms with Crippen LogP contribution in [0.5, 0.6) is 0 Å². The van der Waals surface area contributed by atoms with Gasteiger partial charge in [-0.1, -0.05) is 26.8 Å². The minimum atomic E-state index is -1.15. The quantitative estimate of drug-likeness (QED) is 0.452. The number of aliphatic hydroxyl groups excluding tert-OH is 1. The third-order valence-corrected chi connectivity index (χ3v) is 8.26. The van der Waals surface area contributed by atoms with Gasteiger partial charge in [0.05, 0.1) is 12.7 Å². The van der Waals surface area contributed by atoms with Crippen molar-refractivity contribution in [2.45, 2.75) is 65.1 Å². The lowest BCUT2D eigenvalue weighted by Crippen LogP contribution is -2.60. The zero-order chi connectivity index (χ0) is 20.5. The normalized spacial score (nSPS) is 46.0. The Hall–Kier alpha value is -1.69. The maximum absolute atomic E-state index is 13.2. The largest absolute Gasteiger partial charge is 0.465 e. The van der Waals surface area contributed by atoms with E-state index in [1.165, 1.54) is 6.92 Å². The molecule has 0 amide bonds. The smallest absolute Gasteiger partial charge is 0.315 e. The van der Waals surface area contributed by atoms with Crippen molar-refractivity contribution in [2.24, 2.45) is 34.0 Å². The van der Waals surface area contributed by atoms with Crippen molar-refractivity contribution < 1.29 is 29.0 Å². The first-order valence-electron chi connectivity index (χ1n) is 10.3. The van der Waals surface area contributed by atoms with Crippen LogP contribution < -0.4 is 0 Å². The minimum absolute atomic E-state index is 0.119. The van der Waals surface area contributed by atoms with E-state index in [4.69, 9.17) is 9.47 Å². The van der Waals surface area contributed by atoms with E-state index in [0.717, 1.165) is 19.3 Å². The van der Waals surface area contributed by atoms with Crippen LogP contribution in [0.4, 0.5) is 0 Å². The van der Waals surface area contributed by atoms with Crippen LogP contribution in [0, 0.1) is 34.0 Å².